The Hall–Kier alpha value is -4.09. The van der Waals surface area contributed by atoms with Gasteiger partial charge in [-0.25, -0.2) is 4.68 Å². The number of hydrogen-bond acceptors (Lipinski definition) is 6. The number of aryl methyl sites for hydroxylation is 1. The standard InChI is InChI=1S/C22H22F3N7O2/c1-12(2)27-19(33)11-34-18-7-4-13(9-16(18)22(23,24)25)20-29-21(32(3)31-20)28-15-5-6-17-14(8-15)10-26-30-17/h4-10,12H,11H2,1-3H3,(H,26,30)(H,27,33)(H,28,29,31). The van der Waals surface area contributed by atoms with E-state index in [1.807, 2.05) is 18.2 Å². The fourth-order valence-corrected chi connectivity index (χ4v) is 3.29. The van der Waals surface area contributed by atoms with Crippen molar-refractivity contribution in [2.45, 2.75) is 26.1 Å². The fraction of sp³-hybridized carbons (Fsp3) is 0.273. The number of rotatable bonds is 7. The highest BCUT2D eigenvalue weighted by atomic mass is 19.4. The third kappa shape index (κ3) is 5.11. The van der Waals surface area contributed by atoms with Crippen LogP contribution in [-0.4, -0.2) is 43.5 Å². The van der Waals surface area contributed by atoms with Gasteiger partial charge in [0.1, 0.15) is 5.75 Å². The minimum absolute atomic E-state index is 0.101. The number of aromatic nitrogens is 5. The molecule has 4 rings (SSSR count). The molecule has 0 saturated heterocycles. The van der Waals surface area contributed by atoms with Crippen LogP contribution in [0.4, 0.5) is 24.8 Å². The number of carbonyl (C=O) groups excluding carboxylic acids is 1. The lowest BCUT2D eigenvalue weighted by Gasteiger charge is -2.15. The molecular formula is C22H22F3N7O2. The summed E-state index contributed by atoms with van der Waals surface area (Å²) in [5.74, 6) is -0.512. The van der Waals surface area contributed by atoms with Gasteiger partial charge in [-0.3, -0.25) is 9.89 Å². The predicted molar refractivity (Wildman–Crippen MR) is 120 cm³/mol. The van der Waals surface area contributed by atoms with E-state index in [2.05, 4.69) is 30.9 Å². The summed E-state index contributed by atoms with van der Waals surface area (Å²) in [7, 11) is 1.63. The smallest absolute Gasteiger partial charge is 0.419 e. The van der Waals surface area contributed by atoms with Gasteiger partial charge in [-0.2, -0.15) is 23.3 Å². The summed E-state index contributed by atoms with van der Waals surface area (Å²) in [6, 6.07) is 8.86. The molecule has 0 radical (unpaired) electrons. The maximum absolute atomic E-state index is 13.7. The van der Waals surface area contributed by atoms with Crippen LogP contribution >= 0.6 is 0 Å². The van der Waals surface area contributed by atoms with Crippen molar-refractivity contribution in [1.29, 1.82) is 0 Å². The molecule has 0 bridgehead atoms. The van der Waals surface area contributed by atoms with Crippen molar-refractivity contribution >= 4 is 28.4 Å². The molecule has 2 heterocycles. The fourth-order valence-electron chi connectivity index (χ4n) is 3.29. The molecule has 0 aliphatic carbocycles. The quantitative estimate of drug-likeness (QED) is 0.374. The number of anilines is 2. The number of alkyl halides is 3. The van der Waals surface area contributed by atoms with Gasteiger partial charge in [-0.1, -0.05) is 0 Å². The van der Waals surface area contributed by atoms with E-state index in [1.54, 1.807) is 27.1 Å². The second kappa shape index (κ2) is 9.04. The molecule has 12 heteroatoms. The maximum Gasteiger partial charge on any atom is 0.419 e. The Labute approximate surface area is 192 Å². The Morgan fingerprint density at radius 3 is 2.74 bits per heavy atom. The summed E-state index contributed by atoms with van der Waals surface area (Å²) in [6.45, 7) is 2.96. The van der Waals surface area contributed by atoms with Gasteiger partial charge in [0.25, 0.3) is 5.91 Å². The lowest BCUT2D eigenvalue weighted by Crippen LogP contribution is -2.34. The average molecular weight is 473 g/mol. The Kier molecular flexibility index (Phi) is 6.14. The van der Waals surface area contributed by atoms with Gasteiger partial charge in [-0.05, 0) is 50.2 Å². The van der Waals surface area contributed by atoms with E-state index >= 15 is 0 Å². The number of fused-ring (bicyclic) bond motifs is 1. The summed E-state index contributed by atoms with van der Waals surface area (Å²) < 4.78 is 47.7. The zero-order chi connectivity index (χ0) is 24.5. The Balaban J connectivity index is 1.58. The molecule has 0 unspecified atom stereocenters. The number of nitrogens with one attached hydrogen (secondary N) is 3. The molecule has 4 aromatic rings. The van der Waals surface area contributed by atoms with Crippen LogP contribution in [0.1, 0.15) is 19.4 Å². The van der Waals surface area contributed by atoms with Gasteiger partial charge in [0.2, 0.25) is 5.95 Å². The highest BCUT2D eigenvalue weighted by molar-refractivity contribution is 5.82. The lowest BCUT2D eigenvalue weighted by atomic mass is 10.1. The first-order valence-electron chi connectivity index (χ1n) is 10.3. The van der Waals surface area contributed by atoms with E-state index in [9.17, 15) is 18.0 Å². The van der Waals surface area contributed by atoms with Crippen LogP contribution in [-0.2, 0) is 18.0 Å². The van der Waals surface area contributed by atoms with Crippen molar-refractivity contribution in [2.24, 2.45) is 7.05 Å². The van der Waals surface area contributed by atoms with Crippen LogP contribution in [0.25, 0.3) is 22.3 Å². The summed E-state index contributed by atoms with van der Waals surface area (Å²) in [4.78, 5) is 16.1. The van der Waals surface area contributed by atoms with Crippen LogP contribution in [0.2, 0.25) is 0 Å². The molecule has 0 saturated carbocycles. The van der Waals surface area contributed by atoms with Gasteiger partial charge in [0, 0.05) is 29.7 Å². The molecule has 9 nitrogen and oxygen atoms in total. The maximum atomic E-state index is 13.7. The number of hydrogen-bond donors (Lipinski definition) is 3. The number of carbonyl (C=O) groups is 1. The molecule has 2 aromatic carbocycles. The van der Waals surface area contributed by atoms with Crippen molar-refractivity contribution < 1.29 is 22.7 Å². The summed E-state index contributed by atoms with van der Waals surface area (Å²) in [6.07, 6.45) is -3.02. The zero-order valence-electron chi connectivity index (χ0n) is 18.6. The molecular weight excluding hydrogens is 451 g/mol. The van der Waals surface area contributed by atoms with Crippen LogP contribution in [0.15, 0.2) is 42.6 Å². The molecule has 0 aliphatic rings. The third-order valence-corrected chi connectivity index (χ3v) is 4.81. The van der Waals surface area contributed by atoms with Gasteiger partial charge in [0.05, 0.1) is 17.3 Å². The average Bonchev–Trinajstić information content (AvgIpc) is 3.37. The van der Waals surface area contributed by atoms with Gasteiger partial charge in [-0.15, -0.1) is 5.10 Å². The molecule has 2 aromatic heterocycles. The minimum Gasteiger partial charge on any atom is -0.483 e. The Morgan fingerprint density at radius 1 is 1.21 bits per heavy atom. The third-order valence-electron chi connectivity index (χ3n) is 4.81. The number of ether oxygens (including phenoxy) is 1. The predicted octanol–water partition coefficient (Wildman–Crippen LogP) is 4.02. The first-order valence-corrected chi connectivity index (χ1v) is 10.3. The normalized spacial score (nSPS) is 11.7. The van der Waals surface area contributed by atoms with Crippen LogP contribution in [0, 0.1) is 0 Å². The number of aromatic amines is 1. The molecule has 0 atom stereocenters. The van der Waals surface area contributed by atoms with Crippen LogP contribution in [0.5, 0.6) is 5.75 Å². The van der Waals surface area contributed by atoms with Crippen molar-refractivity contribution in [3.8, 4) is 17.1 Å². The molecule has 0 aliphatic heterocycles. The summed E-state index contributed by atoms with van der Waals surface area (Å²) >= 11 is 0. The van der Waals surface area contributed by atoms with Crippen LogP contribution in [0.3, 0.4) is 0 Å². The first-order chi connectivity index (χ1) is 16.1. The van der Waals surface area contributed by atoms with Gasteiger partial charge in [0.15, 0.2) is 12.4 Å². The highest BCUT2D eigenvalue weighted by Crippen LogP contribution is 2.38. The molecule has 0 fully saturated rings. The second-order valence-corrected chi connectivity index (χ2v) is 7.90. The SMILES string of the molecule is CC(C)NC(=O)COc1ccc(-c2nc(Nc3ccc4[nH]ncc4c3)n(C)n2)cc1C(F)(F)F. The Morgan fingerprint density at radius 2 is 2.00 bits per heavy atom. The number of benzene rings is 2. The zero-order valence-corrected chi connectivity index (χ0v) is 18.6. The van der Waals surface area contributed by atoms with Gasteiger partial charge < -0.3 is 15.4 Å². The minimum atomic E-state index is -4.70. The monoisotopic (exact) mass is 473 g/mol. The van der Waals surface area contributed by atoms with E-state index in [1.165, 1.54) is 10.7 Å². The Bertz CT molecular complexity index is 1330. The van der Waals surface area contributed by atoms with Crippen LogP contribution < -0.4 is 15.4 Å². The van der Waals surface area contributed by atoms with Crippen molar-refractivity contribution in [3.63, 3.8) is 0 Å². The second-order valence-electron chi connectivity index (χ2n) is 7.90. The van der Waals surface area contributed by atoms with E-state index in [0.717, 1.165) is 28.7 Å². The molecule has 0 spiro atoms. The molecule has 178 valence electrons. The topological polar surface area (TPSA) is 110 Å². The number of nitrogens with zero attached hydrogens (tertiary/aromatic N) is 4. The molecule has 1 amide bonds. The highest BCUT2D eigenvalue weighted by Gasteiger charge is 2.35. The van der Waals surface area contributed by atoms with Crippen molar-refractivity contribution in [2.75, 3.05) is 11.9 Å². The van der Waals surface area contributed by atoms with Crippen molar-refractivity contribution in [3.05, 3.63) is 48.2 Å². The largest absolute Gasteiger partial charge is 0.483 e. The van der Waals surface area contributed by atoms with Gasteiger partial charge >= 0.3 is 6.18 Å². The first kappa shape index (κ1) is 23.1. The lowest BCUT2D eigenvalue weighted by molar-refractivity contribution is -0.139. The number of H-pyrrole nitrogens is 1. The molecule has 34 heavy (non-hydrogen) atoms. The van der Waals surface area contributed by atoms with E-state index in [4.69, 9.17) is 4.74 Å². The molecule has 3 N–H and O–H groups in total. The summed E-state index contributed by atoms with van der Waals surface area (Å²) in [5.41, 5.74) is 0.721. The van der Waals surface area contributed by atoms with E-state index < -0.39 is 30.0 Å². The number of amides is 1. The van der Waals surface area contributed by atoms with E-state index in [-0.39, 0.29) is 17.4 Å². The number of halogens is 3. The van der Waals surface area contributed by atoms with E-state index in [0.29, 0.717) is 5.95 Å². The summed E-state index contributed by atoms with van der Waals surface area (Å²) in [5, 5.41) is 17.6. The van der Waals surface area contributed by atoms with Crippen molar-refractivity contribution in [1.82, 2.24) is 30.3 Å².